The normalized spacial score (nSPS) is 11.3. The quantitative estimate of drug-likeness (QED) is 0.0122. The van der Waals surface area contributed by atoms with Gasteiger partial charge in [-0.3, -0.25) is 0 Å². The van der Waals surface area contributed by atoms with Gasteiger partial charge in [0.1, 0.15) is 23.8 Å². The first-order valence-corrected chi connectivity index (χ1v) is 28.3. The van der Waals surface area contributed by atoms with E-state index in [1.165, 1.54) is 71.6 Å². The molecule has 0 radical (unpaired) electrons. The van der Waals surface area contributed by atoms with Crippen molar-refractivity contribution in [1.29, 1.82) is 0 Å². The zero-order chi connectivity index (χ0) is 35.6. The average Bonchev–Trinajstić information content (AvgIpc) is 3.10. The molecular weight excluding hydrogens is 897 g/mol. The zero-order valence-electron chi connectivity index (χ0n) is 26.2. The molecule has 0 aromatic carbocycles. The second-order valence-electron chi connectivity index (χ2n) is 7.09. The number of aliphatic imine (C=N–C) groups is 2. The van der Waals surface area contributed by atoms with Crippen molar-refractivity contribution in [1.82, 2.24) is 10.6 Å². The molecule has 49 heavy (non-hydrogen) atoms. The third kappa shape index (κ3) is 46.0. The molecule has 0 aliphatic rings. The van der Waals surface area contributed by atoms with Crippen molar-refractivity contribution in [3.8, 4) is 0 Å². The van der Waals surface area contributed by atoms with Crippen molar-refractivity contribution < 1.29 is 48.8 Å². The number of ether oxygens (including phenoxy) is 2. The van der Waals surface area contributed by atoms with E-state index >= 15 is 0 Å². The Bertz CT molecular complexity index is 795. The summed E-state index contributed by atoms with van der Waals surface area (Å²) in [6.07, 6.45) is 1.72. The lowest BCUT2D eigenvalue weighted by Crippen LogP contribution is -2.23. The van der Waals surface area contributed by atoms with E-state index in [2.05, 4.69) is 20.6 Å². The molecule has 0 aliphatic carbocycles. The Morgan fingerprint density at radius 2 is 0.857 bits per heavy atom. The van der Waals surface area contributed by atoms with Gasteiger partial charge in [-0.25, -0.2) is 19.6 Å². The summed E-state index contributed by atoms with van der Waals surface area (Å²) in [5.74, 6) is 3.60. The number of nitrogens with zero attached hydrogens (tertiary/aromatic N) is 2. The number of thioether (sulfide) groups is 13. The van der Waals surface area contributed by atoms with Crippen molar-refractivity contribution in [3.63, 3.8) is 0 Å². The number of aliphatic hydroxyl groups is 2. The molecule has 4 N–H and O–H groups in total. The van der Waals surface area contributed by atoms with E-state index in [1.807, 2.05) is 0 Å². The summed E-state index contributed by atoms with van der Waals surface area (Å²) in [6, 6.07) is 0. The fourth-order valence-electron chi connectivity index (χ4n) is 1.87. The number of rotatable bonds is 38. The van der Waals surface area contributed by atoms with Crippen LogP contribution in [0, 0.1) is 0 Å². The summed E-state index contributed by atoms with van der Waals surface area (Å²) in [5, 5.41) is 29.2. The van der Waals surface area contributed by atoms with E-state index < -0.39 is 12.2 Å². The van der Waals surface area contributed by atoms with Crippen LogP contribution >= 0.6 is 153 Å². The second-order valence-corrected chi connectivity index (χ2v) is 22.5. The van der Waals surface area contributed by atoms with Crippen molar-refractivity contribution in [2.45, 2.75) is 0 Å². The highest BCUT2D eigenvalue weighted by Crippen LogP contribution is 2.20. The Morgan fingerprint density at radius 1 is 0.490 bits per heavy atom. The molecule has 0 unspecified atom stereocenters. The van der Waals surface area contributed by atoms with Crippen LogP contribution in [0.15, 0.2) is 9.98 Å². The van der Waals surface area contributed by atoms with Crippen LogP contribution in [0.25, 0.3) is 0 Å². The molecule has 0 saturated carbocycles. The van der Waals surface area contributed by atoms with Gasteiger partial charge in [-0.2, -0.15) is 9.78 Å². The SMILES string of the molecule is O=C(NCSCSCSC/N=C/OOCSCSCSCOC(=O)NCSCSCSC/N=C/OOCSCSCO)OCSCSCO. The summed E-state index contributed by atoms with van der Waals surface area (Å²) in [4.78, 5) is 51.1. The summed E-state index contributed by atoms with van der Waals surface area (Å²) >= 11 is 20.5. The van der Waals surface area contributed by atoms with Crippen molar-refractivity contribution in [2.75, 3.05) is 99.8 Å². The molecule has 2 amide bonds. The van der Waals surface area contributed by atoms with Gasteiger partial charge >= 0.3 is 12.2 Å². The molecule has 0 bridgehead atoms. The molecule has 0 spiro atoms. The van der Waals surface area contributed by atoms with Gasteiger partial charge in [-0.05, 0) is 0 Å². The fourth-order valence-corrected chi connectivity index (χ4v) is 12.6. The van der Waals surface area contributed by atoms with Crippen LogP contribution in [0.4, 0.5) is 9.59 Å². The predicted octanol–water partition coefficient (Wildman–Crippen LogP) is 7.14. The largest absolute Gasteiger partial charge is 0.438 e. The molecule has 0 aromatic rings. The van der Waals surface area contributed by atoms with Crippen molar-refractivity contribution in [3.05, 3.63) is 0 Å². The molecular formula is C22H42N4O10S13. The van der Waals surface area contributed by atoms with Crippen LogP contribution in [0.3, 0.4) is 0 Å². The van der Waals surface area contributed by atoms with E-state index in [1.54, 1.807) is 94.1 Å². The summed E-state index contributed by atoms with van der Waals surface area (Å²) in [7, 11) is 0. The standard InChI is InChI=1S/C22H42N4O10S13/c27-7-41-17-43-9-31-21(29)25-5-39-15-47-14-38-4-24-2-34-36-12-46-20-49-19-44-10-32-22(30)26-6-40-16-48-13-37-3-23-1-33-35-11-45-18-42-8-28/h1-2,27-28H,3-20H2,(H,25,29)(H,26,30)/b23-1+,24-2+. The van der Waals surface area contributed by atoms with E-state index in [0.717, 1.165) is 35.6 Å². The molecule has 0 rings (SSSR count). The van der Waals surface area contributed by atoms with Crippen LogP contribution in [-0.2, 0) is 29.0 Å². The minimum absolute atomic E-state index is 0.0636. The maximum Gasteiger partial charge on any atom is 0.408 e. The molecule has 0 heterocycles. The molecule has 0 aliphatic heterocycles. The average molecular weight is 939 g/mol. The molecule has 27 heteroatoms. The predicted molar refractivity (Wildman–Crippen MR) is 231 cm³/mol. The topological polar surface area (TPSA) is 179 Å². The number of carbonyl (C=O) groups is 2. The molecule has 0 fully saturated rings. The molecule has 0 saturated heterocycles. The van der Waals surface area contributed by atoms with Crippen LogP contribution < -0.4 is 10.6 Å². The Kier molecular flexibility index (Phi) is 47.8. The number of amides is 2. The lowest BCUT2D eigenvalue weighted by Gasteiger charge is -2.06. The Labute approximate surface area is 343 Å². The molecule has 0 aromatic heterocycles. The van der Waals surface area contributed by atoms with Crippen LogP contribution in [0.2, 0.25) is 0 Å². The zero-order valence-corrected chi connectivity index (χ0v) is 36.9. The molecule has 288 valence electrons. The van der Waals surface area contributed by atoms with Crippen LogP contribution in [0.1, 0.15) is 0 Å². The number of nitrogens with one attached hydrogen (secondary N) is 2. The lowest BCUT2D eigenvalue weighted by atomic mass is 11.1. The first kappa shape index (κ1) is 50.9. The van der Waals surface area contributed by atoms with Gasteiger partial charge in [0.25, 0.3) is 0 Å². The number of hydrogen-bond donors (Lipinski definition) is 4. The van der Waals surface area contributed by atoms with Gasteiger partial charge in [0.15, 0.2) is 0 Å². The maximum absolute atomic E-state index is 11.7. The fraction of sp³-hybridized carbons (Fsp3) is 0.818. The first-order chi connectivity index (χ1) is 24.2. The van der Waals surface area contributed by atoms with Gasteiger partial charge in [0.2, 0.25) is 12.8 Å². The summed E-state index contributed by atoms with van der Waals surface area (Å²) < 4.78 is 10.1. The van der Waals surface area contributed by atoms with E-state index in [0.29, 0.717) is 46.4 Å². The van der Waals surface area contributed by atoms with Gasteiger partial charge in [0, 0.05) is 40.7 Å². The summed E-state index contributed by atoms with van der Waals surface area (Å²) in [6.45, 7) is 0. The summed E-state index contributed by atoms with van der Waals surface area (Å²) in [5.41, 5.74) is 0. The number of carbonyl (C=O) groups excluding carboxylic acids is 2. The van der Waals surface area contributed by atoms with Crippen molar-refractivity contribution in [2.24, 2.45) is 9.98 Å². The van der Waals surface area contributed by atoms with E-state index in [4.69, 9.17) is 39.2 Å². The van der Waals surface area contributed by atoms with Crippen LogP contribution in [0.5, 0.6) is 0 Å². The van der Waals surface area contributed by atoms with Crippen LogP contribution in [-0.4, -0.2) is 135 Å². The first-order valence-electron chi connectivity index (χ1n) is 13.3. The lowest BCUT2D eigenvalue weighted by molar-refractivity contribution is -0.196. The number of aliphatic hydroxyl groups excluding tert-OH is 2. The number of alkyl carbamates (subject to hydrolysis) is 2. The number of hydrogen-bond acceptors (Lipinski definition) is 25. The highest BCUT2D eigenvalue weighted by Gasteiger charge is 2.03. The Morgan fingerprint density at radius 3 is 1.29 bits per heavy atom. The van der Waals surface area contributed by atoms with Gasteiger partial charge < -0.3 is 40.1 Å². The maximum atomic E-state index is 11.7. The third-order valence-corrected chi connectivity index (χ3v) is 17.2. The van der Waals surface area contributed by atoms with Gasteiger partial charge in [0.05, 0.1) is 35.4 Å². The minimum Gasteiger partial charge on any atom is -0.438 e. The highest BCUT2D eigenvalue weighted by atomic mass is 32.2. The van der Waals surface area contributed by atoms with Crippen molar-refractivity contribution >= 4 is 178 Å². The highest BCUT2D eigenvalue weighted by molar-refractivity contribution is 8.23. The van der Waals surface area contributed by atoms with E-state index in [9.17, 15) is 9.59 Å². The third-order valence-electron chi connectivity index (χ3n) is 3.67. The van der Waals surface area contributed by atoms with E-state index in [-0.39, 0.29) is 17.8 Å². The second kappa shape index (κ2) is 46.0. The Hall–Kier alpha value is 1.87. The smallest absolute Gasteiger partial charge is 0.408 e. The minimum atomic E-state index is -0.437. The van der Waals surface area contributed by atoms with Gasteiger partial charge in [-0.15, -0.1) is 153 Å². The molecule has 14 nitrogen and oxygen atoms in total. The molecule has 0 atom stereocenters. The van der Waals surface area contributed by atoms with Gasteiger partial charge in [-0.1, -0.05) is 0 Å². The monoisotopic (exact) mass is 938 g/mol. The Balaban J connectivity index is 3.26.